The molecule has 0 aliphatic rings. The van der Waals surface area contributed by atoms with Crippen molar-refractivity contribution in [3.8, 4) is 0 Å². The molecule has 0 fully saturated rings. The maximum absolute atomic E-state index is 10.8. The lowest BCUT2D eigenvalue weighted by molar-refractivity contribution is -0.384. The van der Waals surface area contributed by atoms with E-state index in [1.54, 1.807) is 0 Å². The molecule has 8 nitrogen and oxygen atoms in total. The molecule has 1 atom stereocenters. The molecule has 0 radical (unpaired) electrons. The van der Waals surface area contributed by atoms with Gasteiger partial charge in [-0.25, -0.2) is 10.8 Å². The van der Waals surface area contributed by atoms with Crippen LogP contribution in [0.25, 0.3) is 0 Å². The lowest BCUT2D eigenvalue weighted by Gasteiger charge is -2.12. The topological polar surface area (TPSA) is 119 Å². The Hall–Kier alpha value is -2.61. The Morgan fingerprint density at radius 1 is 1.40 bits per heavy atom. The van der Waals surface area contributed by atoms with Crippen LogP contribution in [0.1, 0.15) is 24.5 Å². The number of nitro groups is 1. The smallest absolute Gasteiger partial charge is 0.276 e. The molecule has 2 heterocycles. The molecule has 4 N–H and O–H groups in total. The first kappa shape index (κ1) is 13.8. The number of nitrogens with one attached hydrogen (secondary N) is 2. The lowest BCUT2D eigenvalue weighted by atomic mass is 10.2. The van der Waals surface area contributed by atoms with E-state index >= 15 is 0 Å². The second-order valence-electron chi connectivity index (χ2n) is 4.31. The third kappa shape index (κ3) is 3.04. The zero-order valence-electron chi connectivity index (χ0n) is 11.1. The van der Waals surface area contributed by atoms with Crippen LogP contribution in [0, 0.1) is 17.0 Å². The molecule has 20 heavy (non-hydrogen) atoms. The van der Waals surface area contributed by atoms with Crippen LogP contribution in [0.2, 0.25) is 0 Å². The molecule has 0 spiro atoms. The molecular formula is C12H15N5O3. The highest BCUT2D eigenvalue weighted by Crippen LogP contribution is 2.24. The molecule has 0 aliphatic carbocycles. The third-order valence-corrected chi connectivity index (χ3v) is 2.72. The fourth-order valence-corrected chi connectivity index (χ4v) is 1.75. The minimum atomic E-state index is -0.505. The Morgan fingerprint density at radius 3 is 2.65 bits per heavy atom. The number of rotatable bonds is 5. The minimum absolute atomic E-state index is 0.0988. The van der Waals surface area contributed by atoms with Crippen molar-refractivity contribution in [3.05, 3.63) is 45.9 Å². The van der Waals surface area contributed by atoms with Gasteiger partial charge in [-0.05, 0) is 26.0 Å². The summed E-state index contributed by atoms with van der Waals surface area (Å²) >= 11 is 0. The third-order valence-electron chi connectivity index (χ3n) is 2.72. The van der Waals surface area contributed by atoms with Crippen LogP contribution in [0.15, 0.2) is 28.7 Å². The Balaban J connectivity index is 2.24. The standard InChI is InChI=1S/C12H15N5O3/c1-7-3-4-10(20-7)8(2)14-11-5-9(17(18)19)6-12(15-11)16-13/h3-6,8H,13H2,1-2H3,(H2,14,15,16). The van der Waals surface area contributed by atoms with Crippen molar-refractivity contribution in [2.45, 2.75) is 19.9 Å². The van der Waals surface area contributed by atoms with Gasteiger partial charge >= 0.3 is 0 Å². The Kier molecular flexibility index (Phi) is 3.85. The normalized spacial score (nSPS) is 11.9. The van der Waals surface area contributed by atoms with Crippen molar-refractivity contribution in [2.24, 2.45) is 5.84 Å². The van der Waals surface area contributed by atoms with Gasteiger partial charge in [-0.15, -0.1) is 0 Å². The van der Waals surface area contributed by atoms with Gasteiger partial charge in [-0.2, -0.15) is 0 Å². The Labute approximate surface area is 115 Å². The molecule has 2 rings (SSSR count). The van der Waals surface area contributed by atoms with E-state index in [2.05, 4.69) is 15.7 Å². The molecule has 0 saturated heterocycles. The maximum Gasteiger partial charge on any atom is 0.276 e. The molecule has 0 aromatic carbocycles. The first-order chi connectivity index (χ1) is 9.49. The number of hydrogen-bond donors (Lipinski definition) is 3. The summed E-state index contributed by atoms with van der Waals surface area (Å²) in [6, 6.07) is 6.11. The van der Waals surface area contributed by atoms with Crippen molar-refractivity contribution in [1.82, 2.24) is 4.98 Å². The van der Waals surface area contributed by atoms with E-state index in [9.17, 15) is 10.1 Å². The zero-order chi connectivity index (χ0) is 14.7. The van der Waals surface area contributed by atoms with E-state index < -0.39 is 4.92 Å². The Bertz CT molecular complexity index is 625. The van der Waals surface area contributed by atoms with Gasteiger partial charge in [0.05, 0.1) is 23.1 Å². The highest BCUT2D eigenvalue weighted by molar-refractivity contribution is 5.54. The number of nitrogens with two attached hydrogens (primary N) is 1. The number of nitrogens with zero attached hydrogens (tertiary/aromatic N) is 2. The molecule has 0 saturated carbocycles. The molecule has 2 aromatic heterocycles. The number of anilines is 2. The fourth-order valence-electron chi connectivity index (χ4n) is 1.75. The summed E-state index contributed by atoms with van der Waals surface area (Å²) in [5, 5.41) is 13.9. The Morgan fingerprint density at radius 2 is 2.10 bits per heavy atom. The number of hydrogen-bond acceptors (Lipinski definition) is 7. The van der Waals surface area contributed by atoms with Gasteiger partial charge < -0.3 is 15.2 Å². The molecule has 106 valence electrons. The van der Waals surface area contributed by atoms with Crippen LogP contribution >= 0.6 is 0 Å². The molecule has 1 unspecified atom stereocenters. The molecule has 0 bridgehead atoms. The van der Waals surface area contributed by atoms with Crippen molar-refractivity contribution in [2.75, 3.05) is 10.7 Å². The van der Waals surface area contributed by atoms with Crippen LogP contribution in [-0.2, 0) is 0 Å². The quantitative estimate of drug-likeness (QED) is 0.436. The first-order valence-electron chi connectivity index (χ1n) is 5.95. The second-order valence-corrected chi connectivity index (χ2v) is 4.31. The van der Waals surface area contributed by atoms with Gasteiger partial charge in [0.25, 0.3) is 5.69 Å². The van der Waals surface area contributed by atoms with E-state index in [-0.39, 0.29) is 17.5 Å². The second kappa shape index (κ2) is 5.57. The highest BCUT2D eigenvalue weighted by atomic mass is 16.6. The highest BCUT2D eigenvalue weighted by Gasteiger charge is 2.14. The summed E-state index contributed by atoms with van der Waals surface area (Å²) in [7, 11) is 0. The summed E-state index contributed by atoms with van der Waals surface area (Å²) in [5.74, 6) is 7.32. The average Bonchev–Trinajstić information content (AvgIpc) is 2.85. The van der Waals surface area contributed by atoms with Gasteiger partial charge in [-0.3, -0.25) is 10.1 Å². The van der Waals surface area contributed by atoms with Crippen LogP contribution in [0.5, 0.6) is 0 Å². The zero-order valence-corrected chi connectivity index (χ0v) is 11.1. The van der Waals surface area contributed by atoms with E-state index in [0.717, 1.165) is 11.5 Å². The van der Waals surface area contributed by atoms with E-state index in [0.29, 0.717) is 5.82 Å². The number of furan rings is 1. The van der Waals surface area contributed by atoms with Gasteiger partial charge in [0, 0.05) is 0 Å². The van der Waals surface area contributed by atoms with Crippen LogP contribution in [0.3, 0.4) is 0 Å². The fraction of sp³-hybridized carbons (Fsp3) is 0.250. The van der Waals surface area contributed by atoms with Gasteiger partial charge in [-0.1, -0.05) is 0 Å². The van der Waals surface area contributed by atoms with Crippen molar-refractivity contribution < 1.29 is 9.34 Å². The number of pyridine rings is 1. The predicted octanol–water partition coefficient (Wildman–Crippen LogP) is 2.35. The summed E-state index contributed by atoms with van der Waals surface area (Å²) in [5.41, 5.74) is 2.20. The lowest BCUT2D eigenvalue weighted by Crippen LogP contribution is -2.12. The van der Waals surface area contributed by atoms with Crippen molar-refractivity contribution in [3.63, 3.8) is 0 Å². The predicted molar refractivity (Wildman–Crippen MR) is 74.2 cm³/mol. The van der Waals surface area contributed by atoms with Gasteiger partial charge in [0.2, 0.25) is 0 Å². The van der Waals surface area contributed by atoms with Crippen LogP contribution in [0.4, 0.5) is 17.3 Å². The number of hydrazine groups is 1. The molecule has 0 amide bonds. The molecule has 2 aromatic rings. The molecule has 0 aliphatic heterocycles. The summed E-state index contributed by atoms with van der Waals surface area (Å²) in [6.07, 6.45) is 0. The van der Waals surface area contributed by atoms with Crippen LogP contribution < -0.4 is 16.6 Å². The monoisotopic (exact) mass is 277 g/mol. The number of aromatic nitrogens is 1. The largest absolute Gasteiger partial charge is 0.464 e. The van der Waals surface area contributed by atoms with Gasteiger partial charge in [0.15, 0.2) is 0 Å². The summed E-state index contributed by atoms with van der Waals surface area (Å²) < 4.78 is 5.49. The minimum Gasteiger partial charge on any atom is -0.464 e. The SMILES string of the molecule is Cc1ccc(C(C)Nc2cc([N+](=O)[O-])cc(NN)n2)o1. The first-order valence-corrected chi connectivity index (χ1v) is 5.95. The maximum atomic E-state index is 10.8. The van der Waals surface area contributed by atoms with E-state index in [1.807, 2.05) is 26.0 Å². The molecular weight excluding hydrogens is 262 g/mol. The van der Waals surface area contributed by atoms with E-state index in [1.165, 1.54) is 12.1 Å². The summed E-state index contributed by atoms with van der Waals surface area (Å²) in [6.45, 7) is 3.71. The van der Waals surface area contributed by atoms with Crippen molar-refractivity contribution in [1.29, 1.82) is 0 Å². The van der Waals surface area contributed by atoms with Crippen LogP contribution in [-0.4, -0.2) is 9.91 Å². The van der Waals surface area contributed by atoms with Gasteiger partial charge in [0.1, 0.15) is 23.2 Å². The number of nitrogen functional groups attached to an aromatic ring is 1. The van der Waals surface area contributed by atoms with Crippen molar-refractivity contribution >= 4 is 17.3 Å². The number of aryl methyl sites for hydroxylation is 1. The molecule has 8 heteroatoms. The average molecular weight is 277 g/mol. The van der Waals surface area contributed by atoms with E-state index in [4.69, 9.17) is 10.3 Å². The summed E-state index contributed by atoms with van der Waals surface area (Å²) in [4.78, 5) is 14.5.